The fraction of sp³-hybridized carbons (Fsp3) is 0.375. The average molecular weight is 1780 g/mol. The van der Waals surface area contributed by atoms with Crippen molar-refractivity contribution in [2.75, 3.05) is 130 Å². The van der Waals surface area contributed by atoms with Gasteiger partial charge in [0.15, 0.2) is 11.6 Å². The van der Waals surface area contributed by atoms with Gasteiger partial charge in [0.05, 0.1) is 189 Å². The van der Waals surface area contributed by atoms with Crippen molar-refractivity contribution in [3.8, 4) is 17.2 Å². The minimum atomic E-state index is -0.240. The van der Waals surface area contributed by atoms with E-state index in [1.807, 2.05) is 79.1 Å². The molecule has 0 heterocycles. The minimum absolute atomic E-state index is 0.0137. The highest BCUT2D eigenvalue weighted by atomic mass is 35.5. The summed E-state index contributed by atoms with van der Waals surface area (Å²) in [6.07, 6.45) is 34.9. The summed E-state index contributed by atoms with van der Waals surface area (Å²) in [5.41, 5.74) is 63.1. The Morgan fingerprint density at radius 3 is 1.17 bits per heavy atom. The Kier molecular flexibility index (Phi) is 44.9. The summed E-state index contributed by atoms with van der Waals surface area (Å²) in [6.45, 7) is 21.4. The summed E-state index contributed by atoms with van der Waals surface area (Å²) in [5.74, 6) is 2.42. The second-order valence-corrected chi connectivity index (χ2v) is 30.8. The van der Waals surface area contributed by atoms with E-state index in [0.29, 0.717) is 185 Å². The van der Waals surface area contributed by atoms with E-state index >= 15 is 0 Å². The van der Waals surface area contributed by atoms with E-state index < -0.39 is 0 Å². The lowest BCUT2D eigenvalue weighted by Crippen LogP contribution is -2.29. The number of hydrogen-bond donors (Lipinski definition) is 15. The van der Waals surface area contributed by atoms with Gasteiger partial charge >= 0.3 is 0 Å². The molecule has 0 saturated carbocycles. The van der Waals surface area contributed by atoms with Gasteiger partial charge < -0.3 is 105 Å². The van der Waals surface area contributed by atoms with Crippen LogP contribution in [0, 0.1) is 23.2 Å². The molecule has 5 aromatic rings. The van der Waals surface area contributed by atoms with Crippen molar-refractivity contribution < 1.29 is 53.7 Å². The van der Waals surface area contributed by atoms with Crippen LogP contribution >= 0.6 is 23.2 Å². The predicted molar refractivity (Wildman–Crippen MR) is 525 cm³/mol. The molecule has 0 aromatic heterocycles. The van der Waals surface area contributed by atoms with Crippen molar-refractivity contribution in [3.63, 3.8) is 0 Å². The number of unbranched alkanes of at least 4 members (excludes halogenated alkanes) is 10. The SMILES string of the molecule is CCCCCOC1=CC(=Nc2ccc(N(CCO)CCO)cc2)C(=N)C=C1N.CCCCCOC1=CC(=Nc2ccc(N(CCO)CCO)cc2C)C(=N)C=C1N.CCCCCOc1cc(N=C2C=CC(=N)C(C)=C2C)c(N)cc1N.CCCCCOc1cc(N=C2C=CC(=O)C(Cl)=C2)c(N)cc1N.CCCCCOc1cc(N=C2C=CC(=O)C=C2Cl)c(N)cc1N. The minimum Gasteiger partial charge on any atom is -0.491 e. The molecular formula is C96H128Cl2N18O11. The number of carbonyl (C=O) groups is 2. The number of rotatable bonds is 40. The maximum Gasteiger partial charge on any atom is 0.197 e. The number of aryl methyl sites for hydroxylation is 1. The van der Waals surface area contributed by atoms with Crippen LogP contribution in [-0.4, -0.2) is 163 Å². The smallest absolute Gasteiger partial charge is 0.197 e. The standard InChI is InChI=1S/C22H32N4O3.C21H30N4O3.C19H26N4O.2C17H20ClN3O2/c1-3-4-5-12-29-22-15-21(18(23)14-19(22)24)25-20-7-6-17(13-16(20)2)26(8-10-27)9-11-28;1-2-3-4-13-28-21-15-20(18(22)14-19(21)23)24-16-5-7-17(8-6-16)25(9-11-26)10-12-27;1-4-5-6-9-24-19-11-18(15(21)10-16(19)22)23-17-8-7-14(20)12(2)13(17)3;1-2-3-4-7-23-17-10-15(13(19)9-14(17)20)21-11-5-6-16(22)12(18)8-11;1-2-3-4-7-23-17-10-16(13(19)9-14(17)20)21-15-6-5-11(22)8-12(15)18/h6-7,13-15,23,27-28H,3-5,8-12,24H2,1-2H3;5-8,14-15,22,26-27H,2-4,9-13,23H2,1H3;7-8,10-11,20H,4-6,9,21-22H2,1-3H3;2*5-6,8-10H,2-4,7,19-20H2,1H3. The van der Waals surface area contributed by atoms with Gasteiger partial charge in [-0.05, 0) is 185 Å². The molecule has 0 radical (unpaired) electrons. The Morgan fingerprint density at radius 1 is 0.362 bits per heavy atom. The summed E-state index contributed by atoms with van der Waals surface area (Å²) in [6, 6.07) is 23.3. The molecule has 23 N–H and O–H groups in total. The second-order valence-electron chi connectivity index (χ2n) is 30.0. The number of aliphatic hydroxyl groups is 4. The Balaban J connectivity index is 0.000000246. The van der Waals surface area contributed by atoms with E-state index in [1.54, 1.807) is 78.9 Å². The average Bonchev–Trinajstić information content (AvgIpc) is 0.816. The summed E-state index contributed by atoms with van der Waals surface area (Å²) >= 11 is 11.9. The molecular weight excluding hydrogens is 1650 g/mol. The number of allylic oxidation sites excluding steroid dienone is 16. The molecule has 29 nitrogen and oxygen atoms in total. The summed E-state index contributed by atoms with van der Waals surface area (Å²) in [5, 5.41) is 61.3. The van der Waals surface area contributed by atoms with Crippen LogP contribution in [0.5, 0.6) is 17.2 Å². The molecule has 0 unspecified atom stereocenters. The maximum atomic E-state index is 11.3. The van der Waals surface area contributed by atoms with Crippen molar-refractivity contribution in [1.82, 2.24) is 0 Å². The van der Waals surface area contributed by atoms with Crippen molar-refractivity contribution >= 4 is 154 Å². The zero-order chi connectivity index (χ0) is 92.9. The molecule has 682 valence electrons. The fourth-order valence-electron chi connectivity index (χ4n) is 12.4. The number of halogens is 2. The highest BCUT2D eigenvalue weighted by molar-refractivity contribution is 6.51. The van der Waals surface area contributed by atoms with Gasteiger partial charge in [-0.15, -0.1) is 0 Å². The molecule has 0 aliphatic heterocycles. The first-order valence-corrected chi connectivity index (χ1v) is 43.8. The zero-order valence-corrected chi connectivity index (χ0v) is 75.9. The van der Waals surface area contributed by atoms with Crippen LogP contribution in [0.1, 0.15) is 150 Å². The third kappa shape index (κ3) is 34.1. The Labute approximate surface area is 756 Å². The number of nitrogens with one attached hydrogen (secondary N) is 3. The van der Waals surface area contributed by atoms with Crippen molar-refractivity contribution in [3.05, 3.63) is 201 Å². The van der Waals surface area contributed by atoms with Crippen LogP contribution in [0.2, 0.25) is 0 Å². The number of ether oxygens (including phenoxy) is 5. The molecule has 0 fully saturated rings. The summed E-state index contributed by atoms with van der Waals surface area (Å²) in [4.78, 5) is 49.0. The van der Waals surface area contributed by atoms with Gasteiger partial charge in [-0.25, -0.2) is 25.0 Å². The molecule has 0 saturated heterocycles. The van der Waals surface area contributed by atoms with E-state index in [1.165, 1.54) is 24.3 Å². The van der Waals surface area contributed by atoms with Gasteiger partial charge in [0.1, 0.15) is 28.8 Å². The number of carbonyl (C=O) groups excluding carboxylic acids is 2. The monoisotopic (exact) mass is 1780 g/mol. The lowest BCUT2D eigenvalue weighted by atomic mass is 9.96. The molecule has 10 rings (SSSR count). The number of aliphatic hydroxyl groups excluding tert-OH is 4. The van der Waals surface area contributed by atoms with Crippen LogP contribution in [0.4, 0.5) is 73.9 Å². The molecule has 127 heavy (non-hydrogen) atoms. The number of benzene rings is 5. The quantitative estimate of drug-likeness (QED) is 0.00749. The maximum absolute atomic E-state index is 11.3. The fourth-order valence-corrected chi connectivity index (χ4v) is 12.8. The first kappa shape index (κ1) is 103. The lowest BCUT2D eigenvalue weighted by molar-refractivity contribution is -0.111. The Bertz CT molecular complexity index is 5100. The van der Waals surface area contributed by atoms with Gasteiger partial charge in [-0.2, -0.15) is 0 Å². The number of ketones is 2. The predicted octanol–water partition coefficient (Wildman–Crippen LogP) is 17.3. The van der Waals surface area contributed by atoms with Crippen LogP contribution in [0.3, 0.4) is 0 Å². The first-order valence-electron chi connectivity index (χ1n) is 43.0. The third-order valence-electron chi connectivity index (χ3n) is 19.8. The van der Waals surface area contributed by atoms with Crippen LogP contribution in [-0.2, 0) is 19.1 Å². The van der Waals surface area contributed by atoms with Gasteiger partial charge in [0.2, 0.25) is 0 Å². The number of nitrogens with zero attached hydrogens (tertiary/aromatic N) is 7. The van der Waals surface area contributed by atoms with E-state index in [4.69, 9.17) is 119 Å². The Hall–Kier alpha value is -12.4. The van der Waals surface area contributed by atoms with Gasteiger partial charge in [0.25, 0.3) is 0 Å². The highest BCUT2D eigenvalue weighted by Crippen LogP contribution is 2.38. The van der Waals surface area contributed by atoms with E-state index in [9.17, 15) is 19.8 Å². The number of nitrogen functional groups attached to an aromatic ring is 6. The molecule has 31 heteroatoms. The number of anilines is 8. The molecule has 0 spiro atoms. The molecule has 0 atom stereocenters. The molecule has 5 aliphatic rings. The largest absolute Gasteiger partial charge is 0.491 e. The normalized spacial score (nSPS) is 15.7. The van der Waals surface area contributed by atoms with Crippen molar-refractivity contribution in [2.24, 2.45) is 36.4 Å². The van der Waals surface area contributed by atoms with E-state index in [-0.39, 0.29) is 59.5 Å². The summed E-state index contributed by atoms with van der Waals surface area (Å²) in [7, 11) is 0. The Morgan fingerprint density at radius 2 is 0.756 bits per heavy atom. The zero-order valence-electron chi connectivity index (χ0n) is 74.4. The molecule has 5 aliphatic carbocycles. The number of hydrogen-bond acceptors (Lipinski definition) is 29. The van der Waals surface area contributed by atoms with Crippen LogP contribution < -0.4 is 69.9 Å². The summed E-state index contributed by atoms with van der Waals surface area (Å²) < 4.78 is 28.7. The van der Waals surface area contributed by atoms with E-state index in [0.717, 1.165) is 136 Å². The second kappa shape index (κ2) is 55.2. The third-order valence-corrected chi connectivity index (χ3v) is 20.4. The lowest BCUT2D eigenvalue weighted by Gasteiger charge is -2.23. The number of aliphatic imine (C=N–C) groups is 5. The first-order chi connectivity index (χ1) is 61.0. The van der Waals surface area contributed by atoms with Crippen molar-refractivity contribution in [1.29, 1.82) is 16.2 Å². The van der Waals surface area contributed by atoms with Gasteiger partial charge in [-0.1, -0.05) is 122 Å². The molecule has 5 aromatic carbocycles. The molecule has 0 amide bonds. The van der Waals surface area contributed by atoms with Crippen LogP contribution in [0.15, 0.2) is 221 Å². The molecule has 0 bridgehead atoms. The van der Waals surface area contributed by atoms with Gasteiger partial charge in [-0.3, -0.25) is 20.4 Å². The topological polar surface area (TPSA) is 509 Å². The highest BCUT2D eigenvalue weighted by Gasteiger charge is 2.22. The van der Waals surface area contributed by atoms with Gasteiger partial charge in [0, 0.05) is 74.0 Å². The van der Waals surface area contributed by atoms with E-state index in [2.05, 4.69) is 59.6 Å². The van der Waals surface area contributed by atoms with Crippen molar-refractivity contribution in [2.45, 2.75) is 152 Å². The number of nitrogens with two attached hydrogens (primary N) is 8. The van der Waals surface area contributed by atoms with Crippen LogP contribution in [0.25, 0.3) is 0 Å².